The summed E-state index contributed by atoms with van der Waals surface area (Å²) in [6, 6.07) is 99.9. The average Bonchev–Trinajstić information content (AvgIpc) is 3.84. The fourth-order valence-corrected chi connectivity index (χ4v) is 11.7. The minimum atomic E-state index is 1.09. The van der Waals surface area contributed by atoms with Crippen LogP contribution in [0.4, 0.5) is 17.1 Å². The van der Waals surface area contributed by atoms with E-state index in [0.717, 1.165) is 17.1 Å². The number of benzene rings is 12. The molecule has 0 radical (unpaired) electrons. The SMILES string of the molecule is c1ccc(-c2ccc(N(c3ccc(-c4ccc(-c5cccc6ccccc56)cc4)cc3)c3ccc(-c4ccccc4-c4ccccc4-c4ccc5ccccc5c4)cc3)c3c2sc2ccccc23)cc1. The van der Waals surface area contributed by atoms with Crippen LogP contribution < -0.4 is 4.90 Å². The van der Waals surface area contributed by atoms with E-state index in [-0.39, 0.29) is 0 Å². The smallest absolute Gasteiger partial charge is 0.0555 e. The lowest BCUT2D eigenvalue weighted by Crippen LogP contribution is -2.10. The van der Waals surface area contributed by atoms with Crippen LogP contribution in [0.25, 0.3) is 108 Å². The standard InChI is InChI=1S/C68H45NS/c1-2-16-50(17-3-1)61-43-44-65(67-64-26-12-13-28-66(64)70-68(61)67)69(55-39-35-48(36-40-55)47-29-32-51(33-30-47)58-27-14-20-49-18-6-7-21-57(49)58)56-41-37-52(38-42-56)59-22-8-10-24-62(59)63-25-11-9-23-60(63)54-34-31-46-15-4-5-19-53(46)45-54/h1-45H. The number of fused-ring (bicyclic) bond motifs is 5. The maximum atomic E-state index is 2.45. The minimum Gasteiger partial charge on any atom is -0.310 e. The number of thiophene rings is 1. The van der Waals surface area contributed by atoms with Gasteiger partial charge in [0.1, 0.15) is 0 Å². The van der Waals surface area contributed by atoms with E-state index in [0.29, 0.717) is 0 Å². The molecule has 0 aliphatic carbocycles. The van der Waals surface area contributed by atoms with Crippen molar-refractivity contribution in [3.63, 3.8) is 0 Å². The Labute approximate surface area is 412 Å². The summed E-state index contributed by atoms with van der Waals surface area (Å²) in [6.07, 6.45) is 0. The largest absolute Gasteiger partial charge is 0.310 e. The Kier molecular flexibility index (Phi) is 10.5. The summed E-state index contributed by atoms with van der Waals surface area (Å²) in [4.78, 5) is 2.45. The van der Waals surface area contributed by atoms with Gasteiger partial charge in [0.2, 0.25) is 0 Å². The lowest BCUT2D eigenvalue weighted by atomic mass is 9.89. The van der Waals surface area contributed by atoms with Crippen molar-refractivity contribution in [2.24, 2.45) is 0 Å². The van der Waals surface area contributed by atoms with E-state index in [1.807, 2.05) is 11.3 Å². The van der Waals surface area contributed by atoms with Crippen LogP contribution in [-0.4, -0.2) is 0 Å². The van der Waals surface area contributed by atoms with Gasteiger partial charge in [-0.05, 0) is 131 Å². The molecule has 0 amide bonds. The van der Waals surface area contributed by atoms with Gasteiger partial charge in [0, 0.05) is 31.5 Å². The molecular formula is C68H45NS. The third kappa shape index (κ3) is 7.43. The number of rotatable bonds is 9. The minimum absolute atomic E-state index is 1.09. The van der Waals surface area contributed by atoms with Gasteiger partial charge in [-0.15, -0.1) is 11.3 Å². The van der Waals surface area contributed by atoms with Gasteiger partial charge in [0.05, 0.1) is 5.69 Å². The Balaban J connectivity index is 0.919. The molecule has 0 bridgehead atoms. The number of nitrogens with zero attached hydrogens (tertiary/aromatic N) is 1. The molecule has 1 nitrogen and oxygen atoms in total. The zero-order chi connectivity index (χ0) is 46.4. The van der Waals surface area contributed by atoms with Crippen LogP contribution in [0.15, 0.2) is 273 Å². The van der Waals surface area contributed by atoms with Gasteiger partial charge in [-0.2, -0.15) is 0 Å². The molecule has 0 atom stereocenters. The second-order valence-electron chi connectivity index (χ2n) is 18.0. The van der Waals surface area contributed by atoms with Crippen LogP contribution >= 0.6 is 11.3 Å². The second-order valence-corrected chi connectivity index (χ2v) is 19.0. The monoisotopic (exact) mass is 907 g/mol. The summed E-state index contributed by atoms with van der Waals surface area (Å²) < 4.78 is 2.56. The summed E-state index contributed by atoms with van der Waals surface area (Å²) in [7, 11) is 0. The first kappa shape index (κ1) is 41.4. The molecular weight excluding hydrogens is 863 g/mol. The molecule has 0 saturated carbocycles. The van der Waals surface area contributed by atoms with Crippen LogP contribution in [0.2, 0.25) is 0 Å². The Morgan fingerprint density at radius 2 is 0.729 bits per heavy atom. The molecule has 0 aliphatic heterocycles. The van der Waals surface area contributed by atoms with E-state index in [1.54, 1.807) is 0 Å². The normalized spacial score (nSPS) is 11.4. The zero-order valence-corrected chi connectivity index (χ0v) is 39.2. The van der Waals surface area contributed by atoms with Crippen LogP contribution in [0.3, 0.4) is 0 Å². The number of hydrogen-bond acceptors (Lipinski definition) is 2. The highest BCUT2D eigenvalue weighted by molar-refractivity contribution is 7.26. The predicted octanol–water partition coefficient (Wildman–Crippen LogP) is 19.8. The molecule has 1 heterocycles. The van der Waals surface area contributed by atoms with Gasteiger partial charge in [0.25, 0.3) is 0 Å². The molecule has 0 spiro atoms. The molecule has 328 valence electrons. The maximum absolute atomic E-state index is 2.45. The van der Waals surface area contributed by atoms with Gasteiger partial charge in [-0.25, -0.2) is 0 Å². The topological polar surface area (TPSA) is 3.24 Å². The summed E-state index contributed by atoms with van der Waals surface area (Å²) in [5.74, 6) is 0. The van der Waals surface area contributed by atoms with Crippen molar-refractivity contribution >= 4 is 70.1 Å². The Morgan fingerprint density at radius 1 is 0.257 bits per heavy atom. The predicted molar refractivity (Wildman–Crippen MR) is 302 cm³/mol. The quantitative estimate of drug-likeness (QED) is 0.139. The molecule has 13 rings (SSSR count). The summed E-state index contributed by atoms with van der Waals surface area (Å²) in [5, 5.41) is 7.54. The maximum Gasteiger partial charge on any atom is 0.0555 e. The molecule has 0 saturated heterocycles. The van der Waals surface area contributed by atoms with Crippen molar-refractivity contribution in [1.29, 1.82) is 0 Å². The van der Waals surface area contributed by atoms with Crippen molar-refractivity contribution in [2.45, 2.75) is 0 Å². The van der Waals surface area contributed by atoms with E-state index in [2.05, 4.69) is 278 Å². The van der Waals surface area contributed by atoms with Gasteiger partial charge >= 0.3 is 0 Å². The lowest BCUT2D eigenvalue weighted by Gasteiger charge is -2.27. The highest BCUT2D eigenvalue weighted by atomic mass is 32.1. The molecule has 0 fully saturated rings. The van der Waals surface area contributed by atoms with Crippen LogP contribution in [0, 0.1) is 0 Å². The van der Waals surface area contributed by atoms with Crippen molar-refractivity contribution in [1.82, 2.24) is 0 Å². The van der Waals surface area contributed by atoms with Crippen LogP contribution in [0.5, 0.6) is 0 Å². The Morgan fingerprint density at radius 3 is 1.44 bits per heavy atom. The van der Waals surface area contributed by atoms with Crippen LogP contribution in [0.1, 0.15) is 0 Å². The molecule has 0 unspecified atom stereocenters. The first-order chi connectivity index (χ1) is 34.7. The van der Waals surface area contributed by atoms with Crippen molar-refractivity contribution < 1.29 is 0 Å². The van der Waals surface area contributed by atoms with Gasteiger partial charge in [0.15, 0.2) is 0 Å². The highest BCUT2D eigenvalue weighted by Crippen LogP contribution is 2.49. The lowest BCUT2D eigenvalue weighted by molar-refractivity contribution is 1.30. The second kappa shape index (κ2) is 17.7. The summed E-state index contributed by atoms with van der Waals surface area (Å²) in [5.41, 5.74) is 17.9. The van der Waals surface area contributed by atoms with Crippen molar-refractivity contribution in [3.8, 4) is 66.8 Å². The molecule has 0 N–H and O–H groups in total. The fraction of sp³-hybridized carbons (Fsp3) is 0. The first-order valence-corrected chi connectivity index (χ1v) is 24.8. The average molecular weight is 908 g/mol. The van der Waals surface area contributed by atoms with E-state index < -0.39 is 0 Å². The van der Waals surface area contributed by atoms with Crippen LogP contribution in [-0.2, 0) is 0 Å². The molecule has 13 aromatic rings. The third-order valence-electron chi connectivity index (χ3n) is 13.9. The molecule has 0 aliphatic rings. The number of hydrogen-bond donors (Lipinski definition) is 0. The van der Waals surface area contributed by atoms with Crippen molar-refractivity contribution in [3.05, 3.63) is 273 Å². The van der Waals surface area contributed by atoms with Crippen molar-refractivity contribution in [2.75, 3.05) is 4.90 Å². The summed E-state index contributed by atoms with van der Waals surface area (Å²) in [6.45, 7) is 0. The first-order valence-electron chi connectivity index (χ1n) is 24.0. The fourth-order valence-electron chi connectivity index (χ4n) is 10.5. The van der Waals surface area contributed by atoms with Gasteiger partial charge < -0.3 is 4.90 Å². The third-order valence-corrected chi connectivity index (χ3v) is 15.1. The Bertz CT molecular complexity index is 4030. The molecule has 2 heteroatoms. The summed E-state index contributed by atoms with van der Waals surface area (Å²) >= 11 is 1.88. The molecule has 70 heavy (non-hydrogen) atoms. The zero-order valence-electron chi connectivity index (χ0n) is 38.3. The van der Waals surface area contributed by atoms with E-state index >= 15 is 0 Å². The van der Waals surface area contributed by atoms with E-state index in [4.69, 9.17) is 0 Å². The van der Waals surface area contributed by atoms with E-state index in [1.165, 1.54) is 108 Å². The van der Waals surface area contributed by atoms with E-state index in [9.17, 15) is 0 Å². The number of anilines is 3. The molecule has 1 aromatic heterocycles. The Hall–Kier alpha value is -8.82. The molecule has 12 aromatic carbocycles. The van der Waals surface area contributed by atoms with Gasteiger partial charge in [-0.1, -0.05) is 231 Å². The highest BCUT2D eigenvalue weighted by Gasteiger charge is 2.22. The van der Waals surface area contributed by atoms with Gasteiger partial charge in [-0.3, -0.25) is 0 Å².